The molecule has 0 unspecified atom stereocenters. The van der Waals surface area contributed by atoms with Gasteiger partial charge in [-0.2, -0.15) is 0 Å². The Morgan fingerprint density at radius 2 is 1.79 bits per heavy atom. The monoisotopic (exact) mass is 383 g/mol. The second kappa shape index (κ2) is 8.48. The average Bonchev–Trinajstić information content (AvgIpc) is 3.21. The van der Waals surface area contributed by atoms with Crippen molar-refractivity contribution in [1.29, 1.82) is 0 Å². The fourth-order valence-electron chi connectivity index (χ4n) is 3.11. The zero-order chi connectivity index (χ0) is 20.1. The normalized spacial score (nSPS) is 10.7. The van der Waals surface area contributed by atoms with Crippen LogP contribution in [0.15, 0.2) is 79.1 Å². The highest BCUT2D eigenvalue weighted by atomic mass is 16.2. The van der Waals surface area contributed by atoms with Gasteiger partial charge in [0, 0.05) is 24.5 Å². The van der Waals surface area contributed by atoms with Gasteiger partial charge in [-0.25, -0.2) is 4.68 Å². The number of nitrogens with one attached hydrogen (secondary N) is 1. The van der Waals surface area contributed by atoms with E-state index in [1.807, 2.05) is 73.7 Å². The Bertz CT molecular complexity index is 1090. The molecule has 0 saturated carbocycles. The van der Waals surface area contributed by atoms with E-state index in [2.05, 4.69) is 20.6 Å². The van der Waals surface area contributed by atoms with E-state index >= 15 is 0 Å². The van der Waals surface area contributed by atoms with E-state index < -0.39 is 0 Å². The molecule has 29 heavy (non-hydrogen) atoms. The van der Waals surface area contributed by atoms with Gasteiger partial charge in [0.15, 0.2) is 5.69 Å². The van der Waals surface area contributed by atoms with Crippen LogP contribution in [0, 0.1) is 6.92 Å². The standard InChI is InChI=1S/C23H21N5O/c1-17-9-11-20(12-10-17)28-22(19-8-5-14-24-16-19)21(26-27-28)23(29)25-15-13-18-6-3-2-4-7-18/h2-12,14,16H,13,15H2,1H3,(H,25,29). The Labute approximate surface area is 169 Å². The van der Waals surface area contributed by atoms with Crippen LogP contribution in [0.3, 0.4) is 0 Å². The molecular weight excluding hydrogens is 362 g/mol. The average molecular weight is 383 g/mol. The van der Waals surface area contributed by atoms with E-state index in [0.717, 1.165) is 23.2 Å². The number of nitrogens with zero attached hydrogens (tertiary/aromatic N) is 4. The number of pyridine rings is 1. The Hall–Kier alpha value is -3.80. The van der Waals surface area contributed by atoms with Crippen LogP contribution in [0.1, 0.15) is 21.6 Å². The Kier molecular flexibility index (Phi) is 5.42. The van der Waals surface area contributed by atoms with Crippen LogP contribution in [0.5, 0.6) is 0 Å². The van der Waals surface area contributed by atoms with Crippen molar-refractivity contribution in [2.24, 2.45) is 0 Å². The minimum absolute atomic E-state index is 0.252. The van der Waals surface area contributed by atoms with E-state index in [1.54, 1.807) is 17.1 Å². The number of carbonyl (C=O) groups is 1. The molecule has 144 valence electrons. The van der Waals surface area contributed by atoms with Crippen molar-refractivity contribution < 1.29 is 4.79 Å². The molecule has 4 aromatic rings. The summed E-state index contributed by atoms with van der Waals surface area (Å²) in [5, 5.41) is 11.4. The molecule has 0 spiro atoms. The number of carbonyl (C=O) groups excluding carboxylic acids is 1. The molecular formula is C23H21N5O. The predicted molar refractivity (Wildman–Crippen MR) is 112 cm³/mol. The maximum absolute atomic E-state index is 12.9. The summed E-state index contributed by atoms with van der Waals surface area (Å²) in [6.45, 7) is 2.55. The first-order valence-electron chi connectivity index (χ1n) is 9.47. The zero-order valence-corrected chi connectivity index (χ0v) is 16.1. The molecule has 4 rings (SSSR count). The number of rotatable bonds is 6. The van der Waals surface area contributed by atoms with Crippen molar-refractivity contribution >= 4 is 5.91 Å². The summed E-state index contributed by atoms with van der Waals surface area (Å²) in [7, 11) is 0. The van der Waals surface area contributed by atoms with Crippen molar-refractivity contribution in [2.45, 2.75) is 13.3 Å². The van der Waals surface area contributed by atoms with Crippen LogP contribution < -0.4 is 5.32 Å². The smallest absolute Gasteiger partial charge is 0.274 e. The number of benzene rings is 2. The second-order valence-corrected chi connectivity index (χ2v) is 6.77. The molecule has 0 saturated heterocycles. The summed E-state index contributed by atoms with van der Waals surface area (Å²) in [4.78, 5) is 17.1. The fourth-order valence-corrected chi connectivity index (χ4v) is 3.11. The molecule has 2 aromatic carbocycles. The molecule has 0 aliphatic carbocycles. The van der Waals surface area contributed by atoms with Crippen molar-refractivity contribution in [3.63, 3.8) is 0 Å². The third-order valence-corrected chi connectivity index (χ3v) is 4.64. The lowest BCUT2D eigenvalue weighted by atomic mass is 10.1. The first kappa shape index (κ1) is 18.6. The molecule has 2 heterocycles. The number of amides is 1. The van der Waals surface area contributed by atoms with Crippen molar-refractivity contribution in [3.8, 4) is 16.9 Å². The maximum Gasteiger partial charge on any atom is 0.274 e. The molecule has 1 N–H and O–H groups in total. The lowest BCUT2D eigenvalue weighted by Gasteiger charge is -2.09. The molecule has 0 radical (unpaired) electrons. The van der Waals surface area contributed by atoms with Crippen LogP contribution >= 0.6 is 0 Å². The van der Waals surface area contributed by atoms with Crippen LogP contribution in [-0.2, 0) is 6.42 Å². The minimum atomic E-state index is -0.252. The zero-order valence-electron chi connectivity index (χ0n) is 16.1. The van der Waals surface area contributed by atoms with Gasteiger partial charge in [0.25, 0.3) is 5.91 Å². The summed E-state index contributed by atoms with van der Waals surface area (Å²) in [5.74, 6) is -0.252. The third-order valence-electron chi connectivity index (χ3n) is 4.64. The highest BCUT2D eigenvalue weighted by Gasteiger charge is 2.22. The number of hydrogen-bond donors (Lipinski definition) is 1. The van der Waals surface area contributed by atoms with E-state index in [-0.39, 0.29) is 11.6 Å². The van der Waals surface area contributed by atoms with Gasteiger partial charge in [-0.05, 0) is 43.2 Å². The number of hydrogen-bond acceptors (Lipinski definition) is 4. The Morgan fingerprint density at radius 3 is 2.52 bits per heavy atom. The maximum atomic E-state index is 12.9. The number of aromatic nitrogens is 4. The first-order valence-corrected chi connectivity index (χ1v) is 9.47. The molecule has 2 aromatic heterocycles. The molecule has 6 heteroatoms. The molecule has 0 aliphatic heterocycles. The second-order valence-electron chi connectivity index (χ2n) is 6.77. The van der Waals surface area contributed by atoms with Gasteiger partial charge in [0.1, 0.15) is 5.69 Å². The van der Waals surface area contributed by atoms with Crippen LogP contribution in [0.4, 0.5) is 0 Å². The van der Waals surface area contributed by atoms with Gasteiger partial charge in [0.2, 0.25) is 0 Å². The highest BCUT2D eigenvalue weighted by Crippen LogP contribution is 2.24. The Balaban J connectivity index is 1.62. The fraction of sp³-hybridized carbons (Fsp3) is 0.130. The summed E-state index contributed by atoms with van der Waals surface area (Å²) in [5.41, 5.74) is 4.85. The van der Waals surface area contributed by atoms with Crippen molar-refractivity contribution in [1.82, 2.24) is 25.3 Å². The van der Waals surface area contributed by atoms with Gasteiger partial charge in [0.05, 0.1) is 5.69 Å². The van der Waals surface area contributed by atoms with E-state index in [9.17, 15) is 4.79 Å². The quantitative estimate of drug-likeness (QED) is 0.552. The molecule has 1 amide bonds. The first-order chi connectivity index (χ1) is 14.2. The highest BCUT2D eigenvalue weighted by molar-refractivity contribution is 5.98. The number of aryl methyl sites for hydroxylation is 1. The Morgan fingerprint density at radius 1 is 1.00 bits per heavy atom. The molecule has 0 atom stereocenters. The van der Waals surface area contributed by atoms with Crippen LogP contribution in [0.2, 0.25) is 0 Å². The lowest BCUT2D eigenvalue weighted by Crippen LogP contribution is -2.26. The van der Waals surface area contributed by atoms with E-state index in [1.165, 1.54) is 5.56 Å². The largest absolute Gasteiger partial charge is 0.350 e. The topological polar surface area (TPSA) is 72.7 Å². The van der Waals surface area contributed by atoms with Crippen LogP contribution in [-0.4, -0.2) is 32.4 Å². The molecule has 0 bridgehead atoms. The minimum Gasteiger partial charge on any atom is -0.350 e. The summed E-state index contributed by atoms with van der Waals surface area (Å²) in [6, 6.07) is 21.7. The van der Waals surface area contributed by atoms with Gasteiger partial charge in [-0.1, -0.05) is 53.2 Å². The lowest BCUT2D eigenvalue weighted by molar-refractivity contribution is 0.0949. The predicted octanol–water partition coefficient (Wildman–Crippen LogP) is 3.61. The molecule has 0 fully saturated rings. The molecule has 6 nitrogen and oxygen atoms in total. The van der Waals surface area contributed by atoms with Gasteiger partial charge in [-0.15, -0.1) is 5.10 Å². The van der Waals surface area contributed by atoms with Gasteiger partial charge >= 0.3 is 0 Å². The van der Waals surface area contributed by atoms with E-state index in [4.69, 9.17) is 0 Å². The van der Waals surface area contributed by atoms with Gasteiger partial charge in [-0.3, -0.25) is 9.78 Å². The van der Waals surface area contributed by atoms with Crippen molar-refractivity contribution in [3.05, 3.63) is 95.9 Å². The summed E-state index contributed by atoms with van der Waals surface area (Å²) < 4.78 is 1.68. The summed E-state index contributed by atoms with van der Waals surface area (Å²) >= 11 is 0. The molecule has 0 aliphatic rings. The van der Waals surface area contributed by atoms with Crippen LogP contribution in [0.25, 0.3) is 16.9 Å². The summed E-state index contributed by atoms with van der Waals surface area (Å²) in [6.07, 6.45) is 4.16. The van der Waals surface area contributed by atoms with Crippen molar-refractivity contribution in [2.75, 3.05) is 6.54 Å². The van der Waals surface area contributed by atoms with Gasteiger partial charge < -0.3 is 5.32 Å². The van der Waals surface area contributed by atoms with E-state index in [0.29, 0.717) is 12.2 Å². The third kappa shape index (κ3) is 4.21. The SMILES string of the molecule is Cc1ccc(-n2nnc(C(=O)NCCc3ccccc3)c2-c2cccnc2)cc1.